The van der Waals surface area contributed by atoms with Gasteiger partial charge < -0.3 is 5.11 Å². The molecule has 0 aliphatic heterocycles. The van der Waals surface area contributed by atoms with Gasteiger partial charge >= 0.3 is 5.97 Å². The van der Waals surface area contributed by atoms with Crippen LogP contribution in [0.1, 0.15) is 39.0 Å². The molecule has 0 aromatic carbocycles. The third-order valence-corrected chi connectivity index (χ3v) is 6.48. The van der Waals surface area contributed by atoms with Crippen LogP contribution in [0.2, 0.25) is 0 Å². The first-order valence-corrected chi connectivity index (χ1v) is 8.19. The minimum atomic E-state index is -3.45. The van der Waals surface area contributed by atoms with Crippen molar-refractivity contribution in [3.8, 4) is 0 Å². The second kappa shape index (κ2) is 5.17. The SMILES string of the molecule is CCN(CC1CC1)S(=O)(=O)C1CCCC1C(=O)O. The van der Waals surface area contributed by atoms with Crippen LogP contribution in [0.25, 0.3) is 0 Å². The summed E-state index contributed by atoms with van der Waals surface area (Å²) in [6.45, 7) is 2.84. The molecule has 2 aliphatic rings. The standard InChI is InChI=1S/C12H21NO4S/c1-2-13(8-9-6-7-9)18(16,17)11-5-3-4-10(11)12(14)15/h9-11H,2-8H2,1H3,(H,14,15). The van der Waals surface area contributed by atoms with E-state index in [0.29, 0.717) is 38.3 Å². The number of rotatable bonds is 6. The number of hydrogen-bond acceptors (Lipinski definition) is 3. The Labute approximate surface area is 108 Å². The third-order valence-electron chi connectivity index (χ3n) is 4.02. The molecule has 0 saturated heterocycles. The van der Waals surface area contributed by atoms with Gasteiger partial charge in [-0.3, -0.25) is 4.79 Å². The summed E-state index contributed by atoms with van der Waals surface area (Å²) < 4.78 is 26.5. The maximum absolute atomic E-state index is 12.5. The van der Waals surface area contributed by atoms with Crippen molar-refractivity contribution in [2.24, 2.45) is 11.8 Å². The van der Waals surface area contributed by atoms with Crippen LogP contribution >= 0.6 is 0 Å². The van der Waals surface area contributed by atoms with Gasteiger partial charge in [0.15, 0.2) is 0 Å². The van der Waals surface area contributed by atoms with Crippen LogP contribution in [-0.2, 0) is 14.8 Å². The van der Waals surface area contributed by atoms with Crippen molar-refractivity contribution in [2.75, 3.05) is 13.1 Å². The number of nitrogens with zero attached hydrogens (tertiary/aromatic N) is 1. The average Bonchev–Trinajstić information content (AvgIpc) is 2.97. The Morgan fingerprint density at radius 1 is 1.28 bits per heavy atom. The maximum Gasteiger partial charge on any atom is 0.307 e. The molecule has 2 aliphatic carbocycles. The summed E-state index contributed by atoms with van der Waals surface area (Å²) in [5.41, 5.74) is 0. The molecule has 2 atom stereocenters. The summed E-state index contributed by atoms with van der Waals surface area (Å²) >= 11 is 0. The summed E-state index contributed by atoms with van der Waals surface area (Å²) in [7, 11) is -3.45. The van der Waals surface area contributed by atoms with E-state index in [1.807, 2.05) is 6.92 Å². The molecule has 2 fully saturated rings. The van der Waals surface area contributed by atoms with E-state index in [1.165, 1.54) is 4.31 Å². The highest BCUT2D eigenvalue weighted by Gasteiger charge is 2.44. The zero-order valence-corrected chi connectivity index (χ0v) is 11.5. The Morgan fingerprint density at radius 2 is 1.94 bits per heavy atom. The van der Waals surface area contributed by atoms with E-state index in [4.69, 9.17) is 5.11 Å². The number of hydrogen-bond donors (Lipinski definition) is 1. The Bertz CT molecular complexity index is 416. The number of carboxylic acids is 1. The molecule has 2 unspecified atom stereocenters. The molecule has 1 N–H and O–H groups in total. The van der Waals surface area contributed by atoms with Crippen molar-refractivity contribution in [1.82, 2.24) is 4.31 Å². The fourth-order valence-corrected chi connectivity index (χ4v) is 5.05. The summed E-state index contributed by atoms with van der Waals surface area (Å²) in [6.07, 6.45) is 3.86. The van der Waals surface area contributed by atoms with Crippen LogP contribution in [0.5, 0.6) is 0 Å². The van der Waals surface area contributed by atoms with E-state index in [2.05, 4.69) is 0 Å². The quantitative estimate of drug-likeness (QED) is 0.793. The van der Waals surface area contributed by atoms with Crippen molar-refractivity contribution in [1.29, 1.82) is 0 Å². The van der Waals surface area contributed by atoms with Crippen LogP contribution in [0.4, 0.5) is 0 Å². The molecule has 0 amide bonds. The van der Waals surface area contributed by atoms with Gasteiger partial charge in [-0.15, -0.1) is 0 Å². The zero-order valence-electron chi connectivity index (χ0n) is 10.7. The van der Waals surface area contributed by atoms with Crippen LogP contribution < -0.4 is 0 Å². The van der Waals surface area contributed by atoms with Gasteiger partial charge in [-0.25, -0.2) is 12.7 Å². The Kier molecular flexibility index (Phi) is 3.96. The Hall–Kier alpha value is -0.620. The molecule has 18 heavy (non-hydrogen) atoms. The third kappa shape index (κ3) is 2.69. The molecule has 2 saturated carbocycles. The Morgan fingerprint density at radius 3 is 2.44 bits per heavy atom. The number of carboxylic acid groups (broad SMARTS) is 1. The van der Waals surface area contributed by atoms with Crippen molar-refractivity contribution in [3.05, 3.63) is 0 Å². The predicted octanol–water partition coefficient (Wildman–Crippen LogP) is 1.30. The molecule has 0 radical (unpaired) electrons. The predicted molar refractivity (Wildman–Crippen MR) is 67.7 cm³/mol. The van der Waals surface area contributed by atoms with Crippen LogP contribution in [0.15, 0.2) is 0 Å². The van der Waals surface area contributed by atoms with Crippen LogP contribution in [0.3, 0.4) is 0 Å². The highest BCUT2D eigenvalue weighted by molar-refractivity contribution is 7.89. The van der Waals surface area contributed by atoms with E-state index < -0.39 is 27.2 Å². The first-order valence-electron chi connectivity index (χ1n) is 6.68. The number of aliphatic carboxylic acids is 1. The van der Waals surface area contributed by atoms with Gasteiger partial charge in [0.2, 0.25) is 10.0 Å². The normalized spacial score (nSPS) is 28.8. The van der Waals surface area contributed by atoms with Crippen LogP contribution in [0, 0.1) is 11.8 Å². The first kappa shape index (κ1) is 13.8. The molecule has 0 aromatic heterocycles. The second-order valence-corrected chi connectivity index (χ2v) is 7.50. The van der Waals surface area contributed by atoms with Gasteiger partial charge in [0.25, 0.3) is 0 Å². The summed E-state index contributed by atoms with van der Waals surface area (Å²) in [6, 6.07) is 0. The highest BCUT2D eigenvalue weighted by atomic mass is 32.2. The second-order valence-electron chi connectivity index (χ2n) is 5.35. The minimum absolute atomic E-state index is 0.446. The molecule has 104 valence electrons. The van der Waals surface area contributed by atoms with Crippen LogP contribution in [-0.4, -0.2) is 42.1 Å². The lowest BCUT2D eigenvalue weighted by molar-refractivity contribution is -0.141. The lowest BCUT2D eigenvalue weighted by atomic mass is 10.1. The molecule has 6 heteroatoms. The summed E-state index contributed by atoms with van der Waals surface area (Å²) in [5, 5.41) is 8.40. The van der Waals surface area contributed by atoms with Crippen molar-refractivity contribution >= 4 is 16.0 Å². The lowest BCUT2D eigenvalue weighted by Gasteiger charge is -2.26. The summed E-state index contributed by atoms with van der Waals surface area (Å²) in [5.74, 6) is -1.20. The monoisotopic (exact) mass is 275 g/mol. The van der Waals surface area contributed by atoms with Gasteiger partial charge in [-0.2, -0.15) is 0 Å². The largest absolute Gasteiger partial charge is 0.481 e. The fraction of sp³-hybridized carbons (Fsp3) is 0.917. The zero-order chi connectivity index (χ0) is 13.3. The van der Waals surface area contributed by atoms with E-state index in [9.17, 15) is 13.2 Å². The number of sulfonamides is 1. The maximum atomic E-state index is 12.5. The van der Waals surface area contributed by atoms with Gasteiger partial charge in [0, 0.05) is 13.1 Å². The number of carbonyl (C=O) groups is 1. The molecule has 0 aromatic rings. The molecule has 0 heterocycles. The van der Waals surface area contributed by atoms with Gasteiger partial charge in [0.05, 0.1) is 11.2 Å². The van der Waals surface area contributed by atoms with Crippen molar-refractivity contribution in [3.63, 3.8) is 0 Å². The van der Waals surface area contributed by atoms with E-state index >= 15 is 0 Å². The van der Waals surface area contributed by atoms with Gasteiger partial charge in [-0.1, -0.05) is 13.3 Å². The van der Waals surface area contributed by atoms with Gasteiger partial charge in [-0.05, 0) is 31.6 Å². The highest BCUT2D eigenvalue weighted by Crippen LogP contribution is 2.36. The molecular weight excluding hydrogens is 254 g/mol. The molecule has 2 rings (SSSR count). The fourth-order valence-electron chi connectivity index (χ4n) is 2.76. The topological polar surface area (TPSA) is 74.7 Å². The molecule has 0 bridgehead atoms. The van der Waals surface area contributed by atoms with E-state index in [-0.39, 0.29) is 0 Å². The Balaban J connectivity index is 2.14. The van der Waals surface area contributed by atoms with Crippen molar-refractivity contribution < 1.29 is 18.3 Å². The molecule has 5 nitrogen and oxygen atoms in total. The van der Waals surface area contributed by atoms with Gasteiger partial charge in [0.1, 0.15) is 0 Å². The first-order chi connectivity index (χ1) is 8.46. The molecule has 0 spiro atoms. The minimum Gasteiger partial charge on any atom is -0.481 e. The van der Waals surface area contributed by atoms with Crippen molar-refractivity contribution in [2.45, 2.75) is 44.3 Å². The lowest BCUT2D eigenvalue weighted by Crippen LogP contribution is -2.43. The van der Waals surface area contributed by atoms with E-state index in [0.717, 1.165) is 12.8 Å². The molecular formula is C12H21NO4S. The average molecular weight is 275 g/mol. The summed E-state index contributed by atoms with van der Waals surface area (Å²) in [4.78, 5) is 11.1. The van der Waals surface area contributed by atoms with E-state index in [1.54, 1.807) is 0 Å². The smallest absolute Gasteiger partial charge is 0.307 e.